The molecule has 0 radical (unpaired) electrons. The monoisotopic (exact) mass is 264 g/mol. The maximum atomic E-state index is 11.9. The Hall–Kier alpha value is 0.550. The van der Waals surface area contributed by atoms with Gasteiger partial charge in [0.2, 0.25) is 5.78 Å². The van der Waals surface area contributed by atoms with Crippen molar-refractivity contribution in [3.63, 3.8) is 0 Å². The molecule has 14 heavy (non-hydrogen) atoms. The number of carbonyl (C=O) groups excluding carboxylic acids is 1. The molecule has 0 N–H and O–H groups in total. The zero-order valence-corrected chi connectivity index (χ0v) is 11.8. The molecule has 1 aliphatic rings. The molecular formula is C9H12OS4. The third-order valence-electron chi connectivity index (χ3n) is 1.85. The minimum Gasteiger partial charge on any atom is -0.287 e. The van der Waals surface area contributed by atoms with Crippen molar-refractivity contribution in [3.05, 3.63) is 19.6 Å². The fraction of sp³-hybridized carbons (Fsp3) is 0.444. The number of carbonyl (C=O) groups is 1. The molecule has 0 heterocycles. The molecule has 0 atom stereocenters. The van der Waals surface area contributed by atoms with Gasteiger partial charge in [-0.1, -0.05) is 0 Å². The predicted molar refractivity (Wildman–Crippen MR) is 73.1 cm³/mol. The first-order valence-electron chi connectivity index (χ1n) is 3.90. The van der Waals surface area contributed by atoms with E-state index < -0.39 is 0 Å². The van der Waals surface area contributed by atoms with E-state index in [4.69, 9.17) is 0 Å². The molecule has 0 aromatic rings. The molecule has 78 valence electrons. The van der Waals surface area contributed by atoms with E-state index in [2.05, 4.69) is 0 Å². The smallest absolute Gasteiger partial charge is 0.207 e. The molecule has 1 rings (SSSR count). The molecule has 5 heteroatoms. The Kier molecular flexibility index (Phi) is 5.03. The van der Waals surface area contributed by atoms with Crippen LogP contribution in [0.15, 0.2) is 19.6 Å². The van der Waals surface area contributed by atoms with Crippen LogP contribution in [-0.2, 0) is 4.79 Å². The maximum absolute atomic E-state index is 11.9. The van der Waals surface area contributed by atoms with Gasteiger partial charge in [-0.25, -0.2) is 0 Å². The van der Waals surface area contributed by atoms with E-state index in [1.54, 1.807) is 47.0 Å². The van der Waals surface area contributed by atoms with Crippen LogP contribution in [0.5, 0.6) is 0 Å². The van der Waals surface area contributed by atoms with Crippen molar-refractivity contribution < 1.29 is 4.79 Å². The molecule has 0 aromatic carbocycles. The molecular weight excluding hydrogens is 252 g/mol. The summed E-state index contributed by atoms with van der Waals surface area (Å²) in [4.78, 5) is 16.0. The second-order valence-electron chi connectivity index (χ2n) is 2.46. The van der Waals surface area contributed by atoms with Crippen LogP contribution in [0, 0.1) is 0 Å². The van der Waals surface area contributed by atoms with Crippen molar-refractivity contribution in [2.75, 3.05) is 25.0 Å². The maximum Gasteiger partial charge on any atom is 0.207 e. The number of allylic oxidation sites excluding steroid dienone is 2. The van der Waals surface area contributed by atoms with Crippen LogP contribution < -0.4 is 0 Å². The highest BCUT2D eigenvalue weighted by Gasteiger charge is 2.30. The average Bonchev–Trinajstić information content (AvgIpc) is 2.48. The summed E-state index contributed by atoms with van der Waals surface area (Å²) in [5.41, 5.74) is 0. The summed E-state index contributed by atoms with van der Waals surface area (Å²) in [6.07, 6.45) is 7.98. The normalized spacial score (nSPS) is 17.3. The number of hydrogen-bond acceptors (Lipinski definition) is 5. The van der Waals surface area contributed by atoms with Gasteiger partial charge in [-0.05, 0) is 25.0 Å². The molecule has 0 saturated heterocycles. The summed E-state index contributed by atoms with van der Waals surface area (Å²) in [5, 5.41) is 0. The lowest BCUT2D eigenvalue weighted by Gasteiger charge is -2.03. The third kappa shape index (κ3) is 2.05. The quantitative estimate of drug-likeness (QED) is 0.771. The average molecular weight is 264 g/mol. The second kappa shape index (κ2) is 5.58. The first-order valence-corrected chi connectivity index (χ1v) is 8.80. The number of hydrogen-bond donors (Lipinski definition) is 0. The summed E-state index contributed by atoms with van der Waals surface area (Å²) in [7, 11) is 0. The number of Topliss-reactive ketones (excluding diaryl/α,β-unsaturated/α-hetero) is 1. The Balaban J connectivity index is 3.20. The number of thioether (sulfide) groups is 4. The topological polar surface area (TPSA) is 17.1 Å². The van der Waals surface area contributed by atoms with Crippen molar-refractivity contribution in [2.24, 2.45) is 0 Å². The first-order chi connectivity index (χ1) is 6.71. The summed E-state index contributed by atoms with van der Waals surface area (Å²) >= 11 is 6.44. The van der Waals surface area contributed by atoms with Gasteiger partial charge in [0.15, 0.2) is 0 Å². The van der Waals surface area contributed by atoms with Gasteiger partial charge in [0.1, 0.15) is 0 Å². The summed E-state index contributed by atoms with van der Waals surface area (Å²) in [6.45, 7) is 0. The lowest BCUT2D eigenvalue weighted by Crippen LogP contribution is -1.95. The second-order valence-corrected chi connectivity index (χ2v) is 5.73. The zero-order chi connectivity index (χ0) is 10.7. The highest BCUT2D eigenvalue weighted by Crippen LogP contribution is 2.47. The van der Waals surface area contributed by atoms with Gasteiger partial charge < -0.3 is 0 Å². The van der Waals surface area contributed by atoms with Crippen LogP contribution in [0.25, 0.3) is 0 Å². The summed E-state index contributed by atoms with van der Waals surface area (Å²) < 4.78 is 0. The largest absolute Gasteiger partial charge is 0.287 e. The van der Waals surface area contributed by atoms with Crippen molar-refractivity contribution >= 4 is 52.8 Å². The molecule has 0 spiro atoms. The Morgan fingerprint density at radius 1 is 0.643 bits per heavy atom. The first kappa shape index (κ1) is 12.6. The van der Waals surface area contributed by atoms with E-state index in [1.165, 1.54) is 0 Å². The van der Waals surface area contributed by atoms with Gasteiger partial charge in [-0.3, -0.25) is 4.79 Å². The molecule has 0 aromatic heterocycles. The highest BCUT2D eigenvalue weighted by molar-refractivity contribution is 8.11. The minimum absolute atomic E-state index is 0.207. The van der Waals surface area contributed by atoms with Gasteiger partial charge in [0, 0.05) is 9.81 Å². The van der Waals surface area contributed by atoms with Crippen LogP contribution in [-0.4, -0.2) is 30.8 Å². The Labute approximate surface area is 102 Å². The Bertz CT molecular complexity index is 287. The van der Waals surface area contributed by atoms with Crippen molar-refractivity contribution in [1.29, 1.82) is 0 Å². The third-order valence-corrected chi connectivity index (χ3v) is 5.46. The number of ketones is 1. The molecule has 0 fully saturated rings. The highest BCUT2D eigenvalue weighted by atomic mass is 32.2. The molecule has 0 unspecified atom stereocenters. The Morgan fingerprint density at radius 2 is 0.929 bits per heavy atom. The SMILES string of the molecule is CSC1=C(SC)C(SC)=C(SC)C1=O. The Morgan fingerprint density at radius 3 is 1.14 bits per heavy atom. The van der Waals surface area contributed by atoms with E-state index in [0.717, 1.165) is 19.6 Å². The molecule has 0 saturated carbocycles. The van der Waals surface area contributed by atoms with Gasteiger partial charge in [-0.2, -0.15) is 0 Å². The molecule has 0 aliphatic heterocycles. The van der Waals surface area contributed by atoms with E-state index >= 15 is 0 Å². The minimum atomic E-state index is 0.207. The van der Waals surface area contributed by atoms with Gasteiger partial charge in [0.25, 0.3) is 0 Å². The fourth-order valence-corrected chi connectivity index (χ4v) is 5.23. The van der Waals surface area contributed by atoms with E-state index in [-0.39, 0.29) is 5.78 Å². The number of rotatable bonds is 4. The van der Waals surface area contributed by atoms with Crippen LogP contribution in [0.2, 0.25) is 0 Å². The molecule has 0 amide bonds. The van der Waals surface area contributed by atoms with Gasteiger partial charge in [0.05, 0.1) is 9.81 Å². The molecule has 1 aliphatic carbocycles. The van der Waals surface area contributed by atoms with Crippen LogP contribution in [0.3, 0.4) is 0 Å². The van der Waals surface area contributed by atoms with Crippen molar-refractivity contribution in [3.8, 4) is 0 Å². The van der Waals surface area contributed by atoms with E-state index in [0.29, 0.717) is 0 Å². The van der Waals surface area contributed by atoms with Crippen molar-refractivity contribution in [1.82, 2.24) is 0 Å². The fourth-order valence-electron chi connectivity index (χ4n) is 1.26. The van der Waals surface area contributed by atoms with Crippen LogP contribution >= 0.6 is 47.0 Å². The van der Waals surface area contributed by atoms with E-state index in [9.17, 15) is 4.79 Å². The standard InChI is InChI=1S/C9H12OS4/c1-11-6-5(10)7(12-2)9(14-4)8(6)13-3/h1-4H3. The lowest BCUT2D eigenvalue weighted by molar-refractivity contribution is -0.110. The molecule has 1 nitrogen and oxygen atoms in total. The zero-order valence-electron chi connectivity index (χ0n) is 8.54. The van der Waals surface area contributed by atoms with Gasteiger partial charge >= 0.3 is 0 Å². The predicted octanol–water partition coefficient (Wildman–Crippen LogP) is 3.44. The van der Waals surface area contributed by atoms with Gasteiger partial charge in [-0.15, -0.1) is 47.0 Å². The van der Waals surface area contributed by atoms with E-state index in [1.807, 2.05) is 25.0 Å². The summed E-state index contributed by atoms with van der Waals surface area (Å²) in [5.74, 6) is 0.207. The van der Waals surface area contributed by atoms with Crippen molar-refractivity contribution in [2.45, 2.75) is 0 Å². The lowest BCUT2D eigenvalue weighted by atomic mass is 10.4. The van der Waals surface area contributed by atoms with Crippen LogP contribution in [0.1, 0.15) is 0 Å². The summed E-state index contributed by atoms with van der Waals surface area (Å²) in [6, 6.07) is 0. The molecule has 0 bridgehead atoms. The van der Waals surface area contributed by atoms with Crippen LogP contribution in [0.4, 0.5) is 0 Å².